The first-order chi connectivity index (χ1) is 19.4. The molecule has 0 spiro atoms. The lowest BCUT2D eigenvalue weighted by atomic mass is 10.0. The Kier molecular flexibility index (Phi) is 16.6. The third kappa shape index (κ3) is 13.6. The molecule has 0 rings (SSSR count). The van der Waals surface area contributed by atoms with E-state index in [0.717, 1.165) is 0 Å². The van der Waals surface area contributed by atoms with Crippen LogP contribution in [0.1, 0.15) is 47.5 Å². The van der Waals surface area contributed by atoms with Crippen LogP contribution in [0.5, 0.6) is 0 Å². The molecule has 0 radical (unpaired) electrons. The number of rotatable bonds is 18. The van der Waals surface area contributed by atoms with Gasteiger partial charge >= 0.3 is 5.97 Å². The Labute approximate surface area is 243 Å². The van der Waals surface area contributed by atoms with E-state index in [2.05, 4.69) is 31.6 Å². The van der Waals surface area contributed by atoms with Crippen LogP contribution in [0.4, 0.5) is 0 Å². The Bertz CT molecular complexity index is 984. The van der Waals surface area contributed by atoms with Crippen molar-refractivity contribution in [2.45, 2.75) is 89.8 Å². The molecule has 0 aromatic carbocycles. The summed E-state index contributed by atoms with van der Waals surface area (Å²) in [6.07, 6.45) is -1.21. The topological polar surface area (TPSA) is 314 Å². The van der Waals surface area contributed by atoms with Crippen LogP contribution in [0.25, 0.3) is 0 Å². The number of aliphatic hydroxyl groups excluding tert-OH is 2. The molecule has 0 aromatic heterocycles. The number of aliphatic imine (C=N–C) groups is 1. The number of nitrogens with one attached hydrogen (secondary N) is 5. The first-order valence-electron chi connectivity index (χ1n) is 13.3. The quantitative estimate of drug-likeness (QED) is 0.0398. The van der Waals surface area contributed by atoms with E-state index in [1.54, 1.807) is 13.8 Å². The second kappa shape index (κ2) is 18.4. The van der Waals surface area contributed by atoms with E-state index >= 15 is 0 Å². The maximum atomic E-state index is 13.0. The predicted molar refractivity (Wildman–Crippen MR) is 150 cm³/mol. The summed E-state index contributed by atoms with van der Waals surface area (Å²) >= 11 is 0. The van der Waals surface area contributed by atoms with Gasteiger partial charge in [-0.05, 0) is 39.5 Å². The lowest BCUT2D eigenvalue weighted by molar-refractivity contribution is -0.142. The second-order valence-corrected chi connectivity index (χ2v) is 10.1. The Morgan fingerprint density at radius 2 is 1.26 bits per heavy atom. The average molecular weight is 604 g/mol. The maximum absolute atomic E-state index is 13.0. The molecule has 14 N–H and O–H groups in total. The van der Waals surface area contributed by atoms with Crippen LogP contribution >= 0.6 is 0 Å². The highest BCUT2D eigenvalue weighted by Gasteiger charge is 2.34. The minimum atomic E-state index is -1.58. The standard InChI is InChI=1S/C24H45N9O9/c1-10(2)16(32-20(38)15(9-34)31-18(36)11(3)25)21(39)33-17(13(5)35)22(40)29-12(4)19(37)30-14(23(41)42)7-6-8-28-24(26)27/h10-17,34-35H,6-9,25H2,1-5H3,(H,29,40)(H,30,37)(H,31,36)(H,32,38)(H,33,39)(H,41,42)(H4,26,27,28)/t11-,12-,13+,14-,15-,16-,17-/m0/s1. The first-order valence-corrected chi connectivity index (χ1v) is 13.3. The Balaban J connectivity index is 5.41. The van der Waals surface area contributed by atoms with Crippen LogP contribution in [0.2, 0.25) is 0 Å². The van der Waals surface area contributed by atoms with E-state index in [0.29, 0.717) is 0 Å². The summed E-state index contributed by atoms with van der Waals surface area (Å²) in [5, 5.41) is 40.6. The number of nitrogens with zero attached hydrogens (tertiary/aromatic N) is 1. The number of carboxylic acid groups (broad SMARTS) is 1. The number of carbonyl (C=O) groups is 6. The van der Waals surface area contributed by atoms with Crippen molar-refractivity contribution in [3.63, 3.8) is 0 Å². The summed E-state index contributed by atoms with van der Waals surface area (Å²) in [5.74, 6) is -6.31. The molecule has 0 aliphatic carbocycles. The van der Waals surface area contributed by atoms with Crippen LogP contribution in [0.15, 0.2) is 4.99 Å². The number of hydrogen-bond acceptors (Lipinski definition) is 10. The zero-order valence-corrected chi connectivity index (χ0v) is 24.4. The van der Waals surface area contributed by atoms with Gasteiger partial charge in [-0.15, -0.1) is 0 Å². The van der Waals surface area contributed by atoms with E-state index in [9.17, 15) is 44.1 Å². The van der Waals surface area contributed by atoms with Gasteiger partial charge in [0.2, 0.25) is 29.5 Å². The number of guanidine groups is 1. The minimum absolute atomic E-state index is 0.000740. The highest BCUT2D eigenvalue weighted by Crippen LogP contribution is 2.06. The zero-order chi connectivity index (χ0) is 32.7. The van der Waals surface area contributed by atoms with Crippen molar-refractivity contribution < 1.29 is 44.1 Å². The smallest absolute Gasteiger partial charge is 0.326 e. The van der Waals surface area contributed by atoms with Gasteiger partial charge in [-0.25, -0.2) is 4.79 Å². The molecule has 42 heavy (non-hydrogen) atoms. The molecule has 0 saturated carbocycles. The first kappa shape index (κ1) is 38.0. The van der Waals surface area contributed by atoms with Gasteiger partial charge in [-0.1, -0.05) is 13.8 Å². The minimum Gasteiger partial charge on any atom is -0.480 e. The van der Waals surface area contributed by atoms with E-state index in [-0.39, 0.29) is 25.3 Å². The fourth-order valence-corrected chi connectivity index (χ4v) is 3.36. The summed E-state index contributed by atoms with van der Waals surface area (Å²) in [6, 6.07) is -7.77. The molecule has 0 bridgehead atoms. The lowest BCUT2D eigenvalue weighted by Gasteiger charge is -2.28. The summed E-state index contributed by atoms with van der Waals surface area (Å²) in [6.45, 7) is 6.38. The van der Waals surface area contributed by atoms with E-state index in [1.807, 2.05) is 0 Å². The molecule has 5 amide bonds. The summed E-state index contributed by atoms with van der Waals surface area (Å²) < 4.78 is 0. The van der Waals surface area contributed by atoms with Crippen molar-refractivity contribution in [1.82, 2.24) is 26.6 Å². The van der Waals surface area contributed by atoms with Crippen LogP contribution in [-0.4, -0.2) is 112 Å². The van der Waals surface area contributed by atoms with Crippen molar-refractivity contribution in [2.24, 2.45) is 28.1 Å². The van der Waals surface area contributed by atoms with Crippen LogP contribution in [-0.2, 0) is 28.8 Å². The molecular weight excluding hydrogens is 558 g/mol. The van der Waals surface area contributed by atoms with Crippen molar-refractivity contribution in [3.8, 4) is 0 Å². The van der Waals surface area contributed by atoms with Gasteiger partial charge in [0.1, 0.15) is 30.2 Å². The lowest BCUT2D eigenvalue weighted by Crippen LogP contribution is -2.62. The van der Waals surface area contributed by atoms with Crippen LogP contribution in [0.3, 0.4) is 0 Å². The number of amides is 5. The Morgan fingerprint density at radius 1 is 0.738 bits per heavy atom. The molecule has 0 aliphatic heterocycles. The summed E-state index contributed by atoms with van der Waals surface area (Å²) in [5.41, 5.74) is 15.9. The maximum Gasteiger partial charge on any atom is 0.326 e. The zero-order valence-electron chi connectivity index (χ0n) is 24.4. The fourth-order valence-electron chi connectivity index (χ4n) is 3.36. The highest BCUT2D eigenvalue weighted by atomic mass is 16.4. The number of aliphatic hydroxyl groups is 2. The molecule has 0 fully saturated rings. The third-order valence-corrected chi connectivity index (χ3v) is 5.85. The number of nitrogens with two attached hydrogens (primary N) is 3. The molecule has 0 heterocycles. The number of hydrogen-bond donors (Lipinski definition) is 11. The Hall–Kier alpha value is -4.03. The summed E-state index contributed by atoms with van der Waals surface area (Å²) in [4.78, 5) is 78.2. The van der Waals surface area contributed by atoms with Gasteiger partial charge in [0.15, 0.2) is 5.96 Å². The monoisotopic (exact) mass is 603 g/mol. The third-order valence-electron chi connectivity index (χ3n) is 5.85. The number of carboxylic acids is 1. The molecule has 240 valence electrons. The van der Waals surface area contributed by atoms with Crippen LogP contribution in [0, 0.1) is 5.92 Å². The molecule has 18 nitrogen and oxygen atoms in total. The van der Waals surface area contributed by atoms with Crippen molar-refractivity contribution in [2.75, 3.05) is 13.2 Å². The highest BCUT2D eigenvalue weighted by molar-refractivity contribution is 5.96. The Morgan fingerprint density at radius 3 is 1.71 bits per heavy atom. The normalized spacial score (nSPS) is 15.9. The van der Waals surface area contributed by atoms with Crippen molar-refractivity contribution in [3.05, 3.63) is 0 Å². The number of aliphatic carboxylic acids is 1. The van der Waals surface area contributed by atoms with Crippen molar-refractivity contribution in [1.29, 1.82) is 0 Å². The molecule has 0 unspecified atom stereocenters. The van der Waals surface area contributed by atoms with Crippen LogP contribution < -0.4 is 43.8 Å². The molecule has 7 atom stereocenters. The molecule has 0 aromatic rings. The van der Waals surface area contributed by atoms with E-state index < -0.39 is 90.4 Å². The molecule has 0 saturated heterocycles. The van der Waals surface area contributed by atoms with Crippen molar-refractivity contribution >= 4 is 41.5 Å². The molecule has 18 heteroatoms. The summed E-state index contributed by atoms with van der Waals surface area (Å²) in [7, 11) is 0. The number of carbonyl (C=O) groups excluding carboxylic acids is 5. The molecular formula is C24H45N9O9. The SMILES string of the molecule is CC(C)[C@H](NC(=O)[C@H](CO)NC(=O)[C@H](C)N)C(=O)N[C@H](C(=O)N[C@@H](C)C(=O)N[C@@H](CCCN=C(N)N)C(=O)O)[C@@H](C)O. The van der Waals surface area contributed by atoms with E-state index in [4.69, 9.17) is 17.2 Å². The van der Waals surface area contributed by atoms with E-state index in [1.165, 1.54) is 20.8 Å². The van der Waals surface area contributed by atoms with Gasteiger partial charge in [0.05, 0.1) is 18.8 Å². The fraction of sp³-hybridized carbons (Fsp3) is 0.708. The van der Waals surface area contributed by atoms with Gasteiger partial charge in [-0.3, -0.25) is 29.0 Å². The molecule has 0 aliphatic rings. The largest absolute Gasteiger partial charge is 0.480 e. The second-order valence-electron chi connectivity index (χ2n) is 10.1. The van der Waals surface area contributed by atoms with Gasteiger partial charge in [0.25, 0.3) is 0 Å². The van der Waals surface area contributed by atoms with Gasteiger partial charge in [-0.2, -0.15) is 0 Å². The average Bonchev–Trinajstić information content (AvgIpc) is 2.88. The van der Waals surface area contributed by atoms with Gasteiger partial charge in [0, 0.05) is 6.54 Å². The predicted octanol–water partition coefficient (Wildman–Crippen LogP) is -5.06. The van der Waals surface area contributed by atoms with Gasteiger partial charge < -0.3 is 59.1 Å².